The topological polar surface area (TPSA) is 65.3 Å². The number of pyridine rings is 1. The summed E-state index contributed by atoms with van der Waals surface area (Å²) in [5.41, 5.74) is 3.54. The summed E-state index contributed by atoms with van der Waals surface area (Å²) in [7, 11) is 3.31. The van der Waals surface area contributed by atoms with Gasteiger partial charge >= 0.3 is 0 Å². The summed E-state index contributed by atoms with van der Waals surface area (Å²) < 4.78 is 19.2. The highest BCUT2D eigenvalue weighted by molar-refractivity contribution is 5.94. The number of fused-ring (bicyclic) bond motifs is 3. The van der Waals surface area contributed by atoms with Gasteiger partial charge in [-0.05, 0) is 54.7 Å². The molecule has 0 saturated carbocycles. The molecule has 7 nitrogen and oxygen atoms in total. The van der Waals surface area contributed by atoms with Gasteiger partial charge in [0.1, 0.15) is 5.65 Å². The van der Waals surface area contributed by atoms with Gasteiger partial charge in [0, 0.05) is 31.7 Å². The standard InChI is InChI=1S/C23H25N3O4/c1-28-19-13-16-5-12-30-23(18(16)14-20(19)29-2)6-9-25(10-7-23)22(27)17-3-4-21-24-8-11-26(21)15-17/h3-4,8,11,13-15H,5-7,9-10,12H2,1-2H3. The third-order valence-corrected chi connectivity index (χ3v) is 6.34. The molecule has 5 rings (SSSR count). The molecule has 1 aromatic carbocycles. The van der Waals surface area contributed by atoms with Crippen molar-refractivity contribution < 1.29 is 19.0 Å². The fourth-order valence-corrected chi connectivity index (χ4v) is 4.70. The van der Waals surface area contributed by atoms with Gasteiger partial charge < -0.3 is 23.5 Å². The molecular weight excluding hydrogens is 382 g/mol. The normalized spacial score (nSPS) is 17.7. The highest BCUT2D eigenvalue weighted by atomic mass is 16.5. The van der Waals surface area contributed by atoms with Crippen LogP contribution in [0.2, 0.25) is 0 Å². The first-order valence-corrected chi connectivity index (χ1v) is 10.2. The summed E-state index contributed by atoms with van der Waals surface area (Å²) in [5, 5.41) is 0. The number of methoxy groups -OCH3 is 2. The first-order chi connectivity index (χ1) is 14.6. The Morgan fingerprint density at radius 1 is 1.13 bits per heavy atom. The number of carbonyl (C=O) groups is 1. The number of hydrogen-bond acceptors (Lipinski definition) is 5. The van der Waals surface area contributed by atoms with Crippen LogP contribution in [0.4, 0.5) is 0 Å². The fraction of sp³-hybridized carbons (Fsp3) is 0.391. The van der Waals surface area contributed by atoms with Crippen LogP contribution in [0.1, 0.15) is 34.3 Å². The highest BCUT2D eigenvalue weighted by Gasteiger charge is 2.42. The minimum absolute atomic E-state index is 0.0452. The monoisotopic (exact) mass is 407 g/mol. The van der Waals surface area contributed by atoms with E-state index in [9.17, 15) is 4.79 Å². The van der Waals surface area contributed by atoms with Crippen molar-refractivity contribution >= 4 is 11.6 Å². The number of aromatic nitrogens is 2. The SMILES string of the molecule is COc1cc2c(cc1OC)C1(CCN(C(=O)c3ccc4nccn4c3)CC1)OCC2. The lowest BCUT2D eigenvalue weighted by Gasteiger charge is -2.45. The summed E-state index contributed by atoms with van der Waals surface area (Å²) in [6.07, 6.45) is 7.80. The summed E-state index contributed by atoms with van der Waals surface area (Å²) in [5.74, 6) is 1.51. The van der Waals surface area contributed by atoms with Crippen molar-refractivity contribution in [1.29, 1.82) is 0 Å². The van der Waals surface area contributed by atoms with Gasteiger partial charge in [-0.1, -0.05) is 0 Å². The molecule has 0 unspecified atom stereocenters. The average Bonchev–Trinajstić information content (AvgIpc) is 3.26. The summed E-state index contributed by atoms with van der Waals surface area (Å²) >= 11 is 0. The van der Waals surface area contributed by atoms with Gasteiger partial charge in [-0.15, -0.1) is 0 Å². The van der Waals surface area contributed by atoms with Crippen molar-refractivity contribution in [2.24, 2.45) is 0 Å². The number of imidazole rings is 1. The van der Waals surface area contributed by atoms with E-state index < -0.39 is 0 Å². The molecule has 0 N–H and O–H groups in total. The van der Waals surface area contributed by atoms with Crippen molar-refractivity contribution in [1.82, 2.24) is 14.3 Å². The molecule has 3 aromatic rings. The Hall–Kier alpha value is -3.06. The summed E-state index contributed by atoms with van der Waals surface area (Å²) in [6.45, 7) is 1.97. The van der Waals surface area contributed by atoms with Crippen molar-refractivity contribution in [3.8, 4) is 11.5 Å². The summed E-state index contributed by atoms with van der Waals surface area (Å²) in [6, 6.07) is 7.84. The molecule has 0 aliphatic carbocycles. The van der Waals surface area contributed by atoms with Crippen LogP contribution >= 0.6 is 0 Å². The molecule has 7 heteroatoms. The Kier molecular flexibility index (Phi) is 4.62. The maximum absolute atomic E-state index is 13.1. The lowest BCUT2D eigenvalue weighted by Crippen LogP contribution is -2.48. The average molecular weight is 407 g/mol. The lowest BCUT2D eigenvalue weighted by atomic mass is 9.79. The first kappa shape index (κ1) is 18.9. The Labute approximate surface area is 175 Å². The van der Waals surface area contributed by atoms with E-state index in [1.54, 1.807) is 20.4 Å². The van der Waals surface area contributed by atoms with Crippen LogP contribution in [0, 0.1) is 0 Å². The van der Waals surface area contributed by atoms with E-state index in [0.717, 1.165) is 30.7 Å². The Morgan fingerprint density at radius 3 is 2.67 bits per heavy atom. The largest absolute Gasteiger partial charge is 0.493 e. The zero-order chi connectivity index (χ0) is 20.7. The quantitative estimate of drug-likeness (QED) is 0.668. The van der Waals surface area contributed by atoms with E-state index in [0.29, 0.717) is 31.0 Å². The molecule has 156 valence electrons. The van der Waals surface area contributed by atoms with Gasteiger partial charge in [0.25, 0.3) is 5.91 Å². The number of ether oxygens (including phenoxy) is 3. The lowest BCUT2D eigenvalue weighted by molar-refractivity contribution is -0.0936. The van der Waals surface area contributed by atoms with Crippen LogP contribution in [-0.2, 0) is 16.8 Å². The van der Waals surface area contributed by atoms with Crippen LogP contribution < -0.4 is 9.47 Å². The van der Waals surface area contributed by atoms with E-state index in [1.165, 1.54) is 11.1 Å². The molecule has 30 heavy (non-hydrogen) atoms. The smallest absolute Gasteiger partial charge is 0.255 e. The maximum Gasteiger partial charge on any atom is 0.255 e. The number of carbonyl (C=O) groups excluding carboxylic acids is 1. The molecule has 2 aliphatic rings. The second kappa shape index (κ2) is 7.32. The molecule has 1 saturated heterocycles. The van der Waals surface area contributed by atoms with Gasteiger partial charge in [-0.2, -0.15) is 0 Å². The molecule has 0 atom stereocenters. The molecule has 1 amide bonds. The van der Waals surface area contributed by atoms with Gasteiger partial charge in [-0.25, -0.2) is 4.98 Å². The predicted molar refractivity (Wildman–Crippen MR) is 111 cm³/mol. The first-order valence-electron chi connectivity index (χ1n) is 10.2. The predicted octanol–water partition coefficient (Wildman–Crippen LogP) is 3.06. The number of benzene rings is 1. The molecule has 0 bridgehead atoms. The number of piperidine rings is 1. The summed E-state index contributed by atoms with van der Waals surface area (Å²) in [4.78, 5) is 19.2. The Balaban J connectivity index is 1.38. The van der Waals surface area contributed by atoms with Crippen molar-refractivity contribution in [3.63, 3.8) is 0 Å². The number of nitrogens with zero attached hydrogens (tertiary/aromatic N) is 3. The Morgan fingerprint density at radius 2 is 1.90 bits per heavy atom. The fourth-order valence-electron chi connectivity index (χ4n) is 4.70. The molecule has 1 fully saturated rings. The second-order valence-corrected chi connectivity index (χ2v) is 7.86. The number of amides is 1. The van der Waals surface area contributed by atoms with E-state index in [4.69, 9.17) is 14.2 Å². The maximum atomic E-state index is 13.1. The zero-order valence-corrected chi connectivity index (χ0v) is 17.3. The van der Waals surface area contributed by atoms with Crippen LogP contribution in [0.15, 0.2) is 42.9 Å². The van der Waals surface area contributed by atoms with Crippen LogP contribution in [0.3, 0.4) is 0 Å². The van der Waals surface area contributed by atoms with Crippen LogP contribution in [0.25, 0.3) is 5.65 Å². The van der Waals surface area contributed by atoms with E-state index in [2.05, 4.69) is 17.1 Å². The van der Waals surface area contributed by atoms with E-state index >= 15 is 0 Å². The van der Waals surface area contributed by atoms with Crippen LogP contribution in [0.5, 0.6) is 11.5 Å². The number of likely N-dealkylation sites (tertiary alicyclic amines) is 1. The third-order valence-electron chi connectivity index (χ3n) is 6.34. The van der Waals surface area contributed by atoms with Gasteiger partial charge in [0.15, 0.2) is 11.5 Å². The molecular formula is C23H25N3O4. The zero-order valence-electron chi connectivity index (χ0n) is 17.3. The minimum Gasteiger partial charge on any atom is -0.493 e. The van der Waals surface area contributed by atoms with E-state index in [-0.39, 0.29) is 11.5 Å². The molecule has 4 heterocycles. The second-order valence-electron chi connectivity index (χ2n) is 7.86. The minimum atomic E-state index is -0.377. The molecule has 2 aromatic heterocycles. The Bertz CT molecular complexity index is 1100. The van der Waals surface area contributed by atoms with Crippen LogP contribution in [-0.4, -0.2) is 54.1 Å². The van der Waals surface area contributed by atoms with Crippen molar-refractivity contribution in [2.75, 3.05) is 33.9 Å². The molecule has 1 spiro atoms. The van der Waals surface area contributed by atoms with E-state index in [1.807, 2.05) is 33.8 Å². The highest BCUT2D eigenvalue weighted by Crippen LogP contribution is 2.45. The van der Waals surface area contributed by atoms with Gasteiger partial charge in [-0.3, -0.25) is 4.79 Å². The molecule has 2 aliphatic heterocycles. The van der Waals surface area contributed by atoms with Crippen molar-refractivity contribution in [2.45, 2.75) is 24.9 Å². The van der Waals surface area contributed by atoms with Gasteiger partial charge in [0.05, 0.1) is 32.0 Å². The number of rotatable bonds is 3. The third kappa shape index (κ3) is 3.01. The van der Waals surface area contributed by atoms with Crippen molar-refractivity contribution in [3.05, 3.63) is 59.5 Å². The van der Waals surface area contributed by atoms with Gasteiger partial charge in [0.2, 0.25) is 0 Å². The molecule has 0 radical (unpaired) electrons. The number of hydrogen-bond donors (Lipinski definition) is 0.